The van der Waals surface area contributed by atoms with Crippen LogP contribution in [0.15, 0.2) is 36.4 Å². The van der Waals surface area contributed by atoms with E-state index in [1.165, 1.54) is 11.3 Å². The van der Waals surface area contributed by atoms with Crippen molar-refractivity contribution in [3.63, 3.8) is 0 Å². The summed E-state index contributed by atoms with van der Waals surface area (Å²) in [5.74, 6) is -0.937. The van der Waals surface area contributed by atoms with E-state index in [0.29, 0.717) is 29.2 Å². The molecule has 1 fully saturated rings. The van der Waals surface area contributed by atoms with Crippen molar-refractivity contribution in [3.8, 4) is 5.75 Å². The number of carbonyl (C=O) groups is 2. The van der Waals surface area contributed by atoms with Gasteiger partial charge in [0.15, 0.2) is 0 Å². The number of ether oxygens (including phenoxy) is 1. The lowest BCUT2D eigenvalue weighted by Crippen LogP contribution is -2.35. The van der Waals surface area contributed by atoms with Crippen molar-refractivity contribution in [1.82, 2.24) is 4.90 Å². The minimum Gasteiger partial charge on any atom is -0.480 e. The molecule has 7 nitrogen and oxygen atoms in total. The van der Waals surface area contributed by atoms with Gasteiger partial charge in [0.05, 0.1) is 0 Å². The predicted octanol–water partition coefficient (Wildman–Crippen LogP) is 2.30. The Morgan fingerprint density at radius 1 is 1.27 bits per heavy atom. The molecule has 1 saturated heterocycles. The van der Waals surface area contributed by atoms with Crippen molar-refractivity contribution < 1.29 is 19.4 Å². The normalized spacial score (nSPS) is 17.2. The first kappa shape index (κ1) is 18.1. The molecule has 0 radical (unpaired) electrons. The van der Waals surface area contributed by atoms with Crippen LogP contribution in [0.5, 0.6) is 5.75 Å². The number of hydrogen-bond donors (Lipinski definition) is 3. The van der Waals surface area contributed by atoms with E-state index >= 15 is 0 Å². The number of nitrogen functional groups attached to an aromatic ring is 1. The average molecular weight is 373 g/mol. The highest BCUT2D eigenvalue weighted by molar-refractivity contribution is 7.13. The van der Waals surface area contributed by atoms with E-state index in [0.717, 1.165) is 17.8 Å². The highest BCUT2D eigenvalue weighted by Gasteiger charge is 2.30. The second-order valence-corrected chi connectivity index (χ2v) is 7.23. The van der Waals surface area contributed by atoms with E-state index in [4.69, 9.17) is 15.9 Å². The minimum absolute atomic E-state index is 0.0487. The maximum absolute atomic E-state index is 12.3. The molecular weight excluding hydrogens is 354 g/mol. The molecular formula is C18H19N3O4S. The van der Waals surface area contributed by atoms with Gasteiger partial charge in [0.1, 0.15) is 22.5 Å². The lowest BCUT2D eigenvalue weighted by Gasteiger charge is -2.19. The maximum Gasteiger partial charge on any atom is 0.353 e. The predicted molar refractivity (Wildman–Crippen MR) is 97.8 cm³/mol. The Bertz CT molecular complexity index is 831. The summed E-state index contributed by atoms with van der Waals surface area (Å²) < 4.78 is 5.33. The molecule has 26 heavy (non-hydrogen) atoms. The topological polar surface area (TPSA) is 117 Å². The number of nitrogens with two attached hydrogens (primary N) is 1. The molecule has 4 N–H and O–H groups in total. The number of carboxylic acid groups (broad SMARTS) is 1. The number of amidine groups is 1. The molecule has 0 bridgehead atoms. The third kappa shape index (κ3) is 4.09. The first-order valence-corrected chi connectivity index (χ1v) is 8.98. The fourth-order valence-corrected chi connectivity index (χ4v) is 3.84. The van der Waals surface area contributed by atoms with Crippen LogP contribution in [-0.2, 0) is 11.3 Å². The molecule has 2 heterocycles. The number of nitrogens with one attached hydrogen (secondary N) is 1. The second-order valence-electron chi connectivity index (χ2n) is 6.06. The molecule has 0 amide bonds. The molecule has 0 saturated carbocycles. The van der Waals surface area contributed by atoms with Crippen LogP contribution in [0.1, 0.15) is 33.0 Å². The van der Waals surface area contributed by atoms with Gasteiger partial charge in [0.25, 0.3) is 0 Å². The number of likely N-dealkylation sites (tertiary alicyclic amines) is 1. The smallest absolute Gasteiger partial charge is 0.353 e. The van der Waals surface area contributed by atoms with E-state index in [1.54, 1.807) is 30.3 Å². The monoisotopic (exact) mass is 373 g/mol. The zero-order chi connectivity index (χ0) is 18.7. The summed E-state index contributed by atoms with van der Waals surface area (Å²) in [6, 6.07) is 9.48. The Morgan fingerprint density at radius 2 is 2.00 bits per heavy atom. The fraction of sp³-hybridized carbons (Fsp3) is 0.278. The first-order valence-electron chi connectivity index (χ1n) is 8.16. The van der Waals surface area contributed by atoms with Crippen molar-refractivity contribution in [2.24, 2.45) is 5.73 Å². The highest BCUT2D eigenvalue weighted by atomic mass is 32.1. The van der Waals surface area contributed by atoms with E-state index in [2.05, 4.69) is 0 Å². The van der Waals surface area contributed by atoms with Crippen molar-refractivity contribution >= 4 is 29.1 Å². The summed E-state index contributed by atoms with van der Waals surface area (Å²) >= 11 is 1.31. The van der Waals surface area contributed by atoms with Gasteiger partial charge in [-0.15, -0.1) is 11.3 Å². The second kappa shape index (κ2) is 7.67. The average Bonchev–Trinajstić information content (AvgIpc) is 3.25. The van der Waals surface area contributed by atoms with Gasteiger partial charge in [-0.25, -0.2) is 4.79 Å². The number of carbonyl (C=O) groups excluding carboxylic acids is 1. The Morgan fingerprint density at radius 3 is 2.65 bits per heavy atom. The summed E-state index contributed by atoms with van der Waals surface area (Å²) in [6.07, 6.45) is 1.53. The van der Waals surface area contributed by atoms with E-state index in [9.17, 15) is 14.7 Å². The summed E-state index contributed by atoms with van der Waals surface area (Å²) in [6.45, 7) is 1.26. The van der Waals surface area contributed by atoms with Gasteiger partial charge in [-0.05, 0) is 55.8 Å². The molecule has 1 aromatic carbocycles. The molecule has 0 unspecified atom stereocenters. The number of hydrogen-bond acceptors (Lipinski definition) is 6. The van der Waals surface area contributed by atoms with Gasteiger partial charge < -0.3 is 15.6 Å². The summed E-state index contributed by atoms with van der Waals surface area (Å²) in [5.41, 5.74) is 5.95. The molecule has 0 spiro atoms. The van der Waals surface area contributed by atoms with Gasteiger partial charge in [-0.3, -0.25) is 15.1 Å². The Kier molecular flexibility index (Phi) is 5.34. The quantitative estimate of drug-likeness (QED) is 0.310. The van der Waals surface area contributed by atoms with Crippen molar-refractivity contribution in [1.29, 1.82) is 5.41 Å². The first-order chi connectivity index (χ1) is 12.4. The number of rotatable bonds is 6. The standard InChI is InChI=1S/C18H19N3O4S/c19-16(20)11-3-5-12(6-4-11)25-18(24)15-8-7-13(26-15)10-21-9-1-2-14(21)17(22)23/h3-8,14H,1-2,9-10H2,(H3,19,20)(H,22,23)/t14-/m1/s1. The maximum atomic E-state index is 12.3. The molecule has 1 aliphatic heterocycles. The zero-order valence-electron chi connectivity index (χ0n) is 14.0. The number of nitrogens with zero attached hydrogens (tertiary/aromatic N) is 1. The van der Waals surface area contributed by atoms with Gasteiger partial charge in [-0.2, -0.15) is 0 Å². The van der Waals surface area contributed by atoms with E-state index < -0.39 is 18.0 Å². The lowest BCUT2D eigenvalue weighted by atomic mass is 10.2. The summed E-state index contributed by atoms with van der Waals surface area (Å²) in [4.78, 5) is 26.8. The Labute approximate surface area is 154 Å². The Balaban J connectivity index is 1.62. The molecule has 1 aromatic heterocycles. The number of esters is 1. The van der Waals surface area contributed by atoms with Crippen LogP contribution in [0.3, 0.4) is 0 Å². The molecule has 8 heteroatoms. The number of thiophene rings is 1. The fourth-order valence-electron chi connectivity index (χ4n) is 2.93. The Hall–Kier alpha value is -2.71. The SMILES string of the molecule is N=C(N)c1ccc(OC(=O)c2ccc(CN3CCC[C@@H]3C(=O)O)s2)cc1. The van der Waals surface area contributed by atoms with Crippen LogP contribution >= 0.6 is 11.3 Å². The number of benzene rings is 1. The summed E-state index contributed by atoms with van der Waals surface area (Å²) in [5, 5.41) is 16.6. The molecule has 3 rings (SSSR count). The van der Waals surface area contributed by atoms with Crippen molar-refractivity contribution in [3.05, 3.63) is 51.7 Å². The van der Waals surface area contributed by atoms with Crippen LogP contribution in [0.2, 0.25) is 0 Å². The third-order valence-electron chi connectivity index (χ3n) is 4.25. The van der Waals surface area contributed by atoms with Gasteiger partial charge in [0, 0.05) is 17.0 Å². The van der Waals surface area contributed by atoms with Crippen LogP contribution in [0.25, 0.3) is 0 Å². The molecule has 1 aliphatic rings. The van der Waals surface area contributed by atoms with Crippen LogP contribution in [-0.4, -0.2) is 40.4 Å². The minimum atomic E-state index is -0.798. The molecule has 2 aromatic rings. The number of carboxylic acids is 1. The van der Waals surface area contributed by atoms with Gasteiger partial charge >= 0.3 is 11.9 Å². The van der Waals surface area contributed by atoms with Crippen molar-refractivity contribution in [2.45, 2.75) is 25.4 Å². The highest BCUT2D eigenvalue weighted by Crippen LogP contribution is 2.25. The van der Waals surface area contributed by atoms with Gasteiger partial charge in [0.2, 0.25) is 0 Å². The molecule has 136 valence electrons. The number of aliphatic carboxylic acids is 1. The van der Waals surface area contributed by atoms with Gasteiger partial charge in [-0.1, -0.05) is 0 Å². The zero-order valence-corrected chi connectivity index (χ0v) is 14.8. The van der Waals surface area contributed by atoms with Crippen LogP contribution in [0, 0.1) is 5.41 Å². The van der Waals surface area contributed by atoms with E-state index in [-0.39, 0.29) is 5.84 Å². The van der Waals surface area contributed by atoms with Crippen LogP contribution in [0.4, 0.5) is 0 Å². The largest absolute Gasteiger partial charge is 0.480 e. The van der Waals surface area contributed by atoms with Crippen molar-refractivity contribution in [2.75, 3.05) is 6.54 Å². The molecule has 1 atom stereocenters. The van der Waals surface area contributed by atoms with Crippen LogP contribution < -0.4 is 10.5 Å². The molecule has 0 aliphatic carbocycles. The lowest BCUT2D eigenvalue weighted by molar-refractivity contribution is -0.142. The third-order valence-corrected chi connectivity index (χ3v) is 5.30. The van der Waals surface area contributed by atoms with E-state index in [1.807, 2.05) is 11.0 Å². The summed E-state index contributed by atoms with van der Waals surface area (Å²) in [7, 11) is 0.